The van der Waals surface area contributed by atoms with Gasteiger partial charge in [0, 0.05) is 10.6 Å². The van der Waals surface area contributed by atoms with E-state index in [-0.39, 0.29) is 12.4 Å². The quantitative estimate of drug-likeness (QED) is 0.839. The summed E-state index contributed by atoms with van der Waals surface area (Å²) in [5.74, 6) is 0.193. The largest absolute Gasteiger partial charge is 0.489 e. The molecule has 0 heterocycles. The standard InChI is InChI=1S/C14H9ClFNO/c15-14-5-4-12(16)7-11(14)9-18-13-3-1-2-10(6-13)8-17/h1-7H,9H2. The Morgan fingerprint density at radius 2 is 2.06 bits per heavy atom. The van der Waals surface area contributed by atoms with Crippen LogP contribution >= 0.6 is 11.6 Å². The number of hydrogen-bond donors (Lipinski definition) is 0. The summed E-state index contributed by atoms with van der Waals surface area (Å²) < 4.78 is 18.5. The minimum Gasteiger partial charge on any atom is -0.489 e. The van der Waals surface area contributed by atoms with Crippen LogP contribution in [0.25, 0.3) is 0 Å². The van der Waals surface area contributed by atoms with Crippen molar-refractivity contribution in [1.82, 2.24) is 0 Å². The summed E-state index contributed by atoms with van der Waals surface area (Å²) in [7, 11) is 0. The molecule has 2 nitrogen and oxygen atoms in total. The molecule has 0 radical (unpaired) electrons. The number of nitriles is 1. The van der Waals surface area contributed by atoms with Crippen molar-refractivity contribution >= 4 is 11.6 Å². The third-order valence-electron chi connectivity index (χ3n) is 2.37. The third kappa shape index (κ3) is 2.99. The second-order valence-electron chi connectivity index (χ2n) is 3.66. The monoisotopic (exact) mass is 261 g/mol. The second kappa shape index (κ2) is 5.52. The predicted molar refractivity (Wildman–Crippen MR) is 66.9 cm³/mol. The van der Waals surface area contributed by atoms with Crippen LogP contribution in [-0.4, -0.2) is 0 Å². The van der Waals surface area contributed by atoms with Crippen LogP contribution in [0.2, 0.25) is 5.02 Å². The number of halogens is 2. The zero-order valence-corrected chi connectivity index (χ0v) is 10.1. The van der Waals surface area contributed by atoms with Gasteiger partial charge in [-0.3, -0.25) is 0 Å². The van der Waals surface area contributed by atoms with E-state index in [0.29, 0.717) is 21.9 Å². The van der Waals surface area contributed by atoms with E-state index >= 15 is 0 Å². The van der Waals surface area contributed by atoms with Gasteiger partial charge in [0.25, 0.3) is 0 Å². The van der Waals surface area contributed by atoms with Crippen LogP contribution in [0.15, 0.2) is 42.5 Å². The van der Waals surface area contributed by atoms with Gasteiger partial charge >= 0.3 is 0 Å². The lowest BCUT2D eigenvalue weighted by atomic mass is 10.2. The van der Waals surface area contributed by atoms with E-state index in [2.05, 4.69) is 0 Å². The lowest BCUT2D eigenvalue weighted by Crippen LogP contribution is -1.97. The number of benzene rings is 2. The molecule has 0 aromatic heterocycles. The van der Waals surface area contributed by atoms with Crippen molar-refractivity contribution in [2.24, 2.45) is 0 Å². The highest BCUT2D eigenvalue weighted by molar-refractivity contribution is 6.31. The smallest absolute Gasteiger partial charge is 0.123 e. The molecule has 0 N–H and O–H groups in total. The summed E-state index contributed by atoms with van der Waals surface area (Å²) in [5.41, 5.74) is 1.08. The van der Waals surface area contributed by atoms with Gasteiger partial charge in [-0.1, -0.05) is 17.7 Å². The van der Waals surface area contributed by atoms with Gasteiger partial charge in [0.1, 0.15) is 18.2 Å². The lowest BCUT2D eigenvalue weighted by molar-refractivity contribution is 0.305. The summed E-state index contributed by atoms with van der Waals surface area (Å²) in [4.78, 5) is 0. The van der Waals surface area contributed by atoms with E-state index in [1.54, 1.807) is 24.3 Å². The van der Waals surface area contributed by atoms with Crippen LogP contribution in [-0.2, 0) is 6.61 Å². The first-order chi connectivity index (χ1) is 8.69. The molecule has 0 aliphatic rings. The fourth-order valence-corrected chi connectivity index (χ4v) is 1.64. The van der Waals surface area contributed by atoms with Crippen molar-refractivity contribution in [3.8, 4) is 11.8 Å². The zero-order chi connectivity index (χ0) is 13.0. The summed E-state index contributed by atoms with van der Waals surface area (Å²) in [6.45, 7) is 0.158. The number of ether oxygens (including phenoxy) is 1. The van der Waals surface area contributed by atoms with Gasteiger partial charge in [-0.25, -0.2) is 4.39 Å². The van der Waals surface area contributed by atoms with Crippen molar-refractivity contribution in [3.05, 3.63) is 64.4 Å². The topological polar surface area (TPSA) is 33.0 Å². The Kier molecular flexibility index (Phi) is 3.81. The molecule has 2 aromatic carbocycles. The zero-order valence-electron chi connectivity index (χ0n) is 9.36. The Morgan fingerprint density at radius 1 is 1.22 bits per heavy atom. The molecule has 4 heteroatoms. The Balaban J connectivity index is 2.11. The van der Waals surface area contributed by atoms with Crippen molar-refractivity contribution in [2.45, 2.75) is 6.61 Å². The molecule has 0 saturated carbocycles. The fourth-order valence-electron chi connectivity index (χ4n) is 1.47. The average Bonchev–Trinajstić information content (AvgIpc) is 2.40. The molecule has 0 atom stereocenters. The SMILES string of the molecule is N#Cc1cccc(OCc2cc(F)ccc2Cl)c1. The number of rotatable bonds is 3. The van der Waals surface area contributed by atoms with E-state index in [1.807, 2.05) is 6.07 Å². The van der Waals surface area contributed by atoms with Crippen molar-refractivity contribution in [3.63, 3.8) is 0 Å². The molecule has 0 unspecified atom stereocenters. The highest BCUT2D eigenvalue weighted by Crippen LogP contribution is 2.20. The Bertz CT molecular complexity index is 607. The Hall–Kier alpha value is -2.05. The molecule has 0 aliphatic heterocycles. The van der Waals surface area contributed by atoms with Gasteiger partial charge in [0.2, 0.25) is 0 Å². The molecule has 90 valence electrons. The maximum Gasteiger partial charge on any atom is 0.123 e. The van der Waals surface area contributed by atoms with Gasteiger partial charge < -0.3 is 4.74 Å². The van der Waals surface area contributed by atoms with Crippen LogP contribution in [0.3, 0.4) is 0 Å². The van der Waals surface area contributed by atoms with E-state index in [4.69, 9.17) is 21.6 Å². The van der Waals surface area contributed by atoms with Crippen molar-refractivity contribution in [2.75, 3.05) is 0 Å². The van der Waals surface area contributed by atoms with Gasteiger partial charge in [-0.15, -0.1) is 0 Å². The molecular weight excluding hydrogens is 253 g/mol. The minimum atomic E-state index is -0.358. The van der Waals surface area contributed by atoms with Crippen molar-refractivity contribution in [1.29, 1.82) is 5.26 Å². The van der Waals surface area contributed by atoms with Crippen LogP contribution in [0, 0.1) is 17.1 Å². The molecule has 2 aromatic rings. The van der Waals surface area contributed by atoms with Crippen LogP contribution in [0.1, 0.15) is 11.1 Å². The second-order valence-corrected chi connectivity index (χ2v) is 4.07. The molecule has 0 amide bonds. The third-order valence-corrected chi connectivity index (χ3v) is 2.73. The normalized spacial score (nSPS) is 9.83. The highest BCUT2D eigenvalue weighted by Gasteiger charge is 2.03. The Labute approximate surface area is 109 Å². The van der Waals surface area contributed by atoms with E-state index in [1.165, 1.54) is 18.2 Å². The van der Waals surface area contributed by atoms with E-state index in [0.717, 1.165) is 0 Å². The molecule has 18 heavy (non-hydrogen) atoms. The summed E-state index contributed by atoms with van der Waals surface area (Å²) in [6.07, 6.45) is 0. The summed E-state index contributed by atoms with van der Waals surface area (Å²) in [5, 5.41) is 9.20. The molecule has 0 spiro atoms. The molecule has 0 fully saturated rings. The van der Waals surface area contributed by atoms with Crippen LogP contribution in [0.4, 0.5) is 4.39 Å². The maximum atomic E-state index is 13.0. The first-order valence-corrected chi connectivity index (χ1v) is 5.64. The Morgan fingerprint density at radius 3 is 2.83 bits per heavy atom. The molecule has 0 bridgehead atoms. The minimum absolute atomic E-state index is 0.158. The summed E-state index contributed by atoms with van der Waals surface area (Å²) >= 11 is 5.92. The predicted octanol–water partition coefficient (Wildman–Crippen LogP) is 3.93. The van der Waals surface area contributed by atoms with Gasteiger partial charge in [-0.2, -0.15) is 5.26 Å². The fraction of sp³-hybridized carbons (Fsp3) is 0.0714. The van der Waals surface area contributed by atoms with Crippen LogP contribution < -0.4 is 4.74 Å². The summed E-state index contributed by atoms with van der Waals surface area (Å²) in [6, 6.07) is 12.9. The molecule has 0 aliphatic carbocycles. The first-order valence-electron chi connectivity index (χ1n) is 5.26. The number of nitrogens with zero attached hydrogens (tertiary/aromatic N) is 1. The van der Waals surface area contributed by atoms with E-state index < -0.39 is 0 Å². The van der Waals surface area contributed by atoms with Gasteiger partial charge in [-0.05, 0) is 36.4 Å². The highest BCUT2D eigenvalue weighted by atomic mass is 35.5. The average molecular weight is 262 g/mol. The number of hydrogen-bond acceptors (Lipinski definition) is 2. The lowest BCUT2D eigenvalue weighted by Gasteiger charge is -2.08. The van der Waals surface area contributed by atoms with Gasteiger partial charge in [0.15, 0.2) is 0 Å². The molecule has 0 saturated heterocycles. The van der Waals surface area contributed by atoms with Crippen LogP contribution in [0.5, 0.6) is 5.75 Å². The van der Waals surface area contributed by atoms with Gasteiger partial charge in [0.05, 0.1) is 11.6 Å². The molecule has 2 rings (SSSR count). The van der Waals surface area contributed by atoms with Crippen molar-refractivity contribution < 1.29 is 9.13 Å². The van der Waals surface area contributed by atoms with E-state index in [9.17, 15) is 4.39 Å². The first kappa shape index (κ1) is 12.4. The maximum absolute atomic E-state index is 13.0. The molecular formula is C14H9ClFNO.